The molecule has 3 N–H and O–H groups in total. The Morgan fingerprint density at radius 3 is 3.00 bits per heavy atom. The van der Waals surface area contributed by atoms with Gasteiger partial charge in [-0.2, -0.15) is 0 Å². The normalized spacial score (nSPS) is 12.2. The molecule has 1 aromatic carbocycles. The van der Waals surface area contributed by atoms with E-state index < -0.39 is 0 Å². The minimum Gasteiger partial charge on any atom is -0.323 e. The van der Waals surface area contributed by atoms with Crippen molar-refractivity contribution in [1.29, 1.82) is 0 Å². The number of hydrogen-bond donors (Lipinski definition) is 2. The van der Waals surface area contributed by atoms with Crippen LogP contribution in [0.25, 0.3) is 0 Å². The van der Waals surface area contributed by atoms with Crippen LogP contribution in [0.5, 0.6) is 0 Å². The first-order valence-corrected chi connectivity index (χ1v) is 7.57. The van der Waals surface area contributed by atoms with Crippen LogP contribution in [0.2, 0.25) is 5.02 Å². The van der Waals surface area contributed by atoms with Crippen molar-refractivity contribution < 1.29 is 4.79 Å². The van der Waals surface area contributed by atoms with Crippen LogP contribution in [-0.4, -0.2) is 20.9 Å². The van der Waals surface area contributed by atoms with Gasteiger partial charge in [-0.3, -0.25) is 4.79 Å². The Morgan fingerprint density at radius 1 is 1.57 bits per heavy atom. The second-order valence-corrected chi connectivity index (χ2v) is 5.85. The molecule has 21 heavy (non-hydrogen) atoms. The number of amides is 1. The van der Waals surface area contributed by atoms with Gasteiger partial charge in [-0.1, -0.05) is 39.7 Å². The first-order chi connectivity index (χ1) is 9.99. The molecule has 0 saturated heterocycles. The zero-order valence-corrected chi connectivity index (χ0v) is 13.7. The van der Waals surface area contributed by atoms with Crippen LogP contribution in [0.4, 0.5) is 5.69 Å². The molecule has 0 aliphatic rings. The van der Waals surface area contributed by atoms with Crippen molar-refractivity contribution in [2.75, 3.05) is 5.32 Å². The van der Waals surface area contributed by atoms with Gasteiger partial charge in [0.2, 0.25) is 5.91 Å². The maximum Gasteiger partial charge on any atom is 0.246 e. The van der Waals surface area contributed by atoms with Gasteiger partial charge in [0.05, 0.1) is 28.6 Å². The Kier molecular flexibility index (Phi) is 5.33. The van der Waals surface area contributed by atoms with Crippen LogP contribution >= 0.6 is 27.5 Å². The molecule has 8 heteroatoms. The number of anilines is 1. The van der Waals surface area contributed by atoms with Crippen molar-refractivity contribution in [3.05, 3.63) is 39.6 Å². The highest BCUT2D eigenvalue weighted by atomic mass is 79.9. The summed E-state index contributed by atoms with van der Waals surface area (Å²) in [6.07, 6.45) is 2.44. The molecule has 0 radical (unpaired) electrons. The molecule has 112 valence electrons. The van der Waals surface area contributed by atoms with E-state index in [1.807, 2.05) is 6.92 Å². The van der Waals surface area contributed by atoms with Crippen molar-refractivity contribution in [3.63, 3.8) is 0 Å². The number of carbonyl (C=O) groups is 1. The fraction of sp³-hybridized carbons (Fsp3) is 0.308. The predicted molar refractivity (Wildman–Crippen MR) is 85.0 cm³/mol. The summed E-state index contributed by atoms with van der Waals surface area (Å²) < 4.78 is 2.30. The molecule has 0 bridgehead atoms. The molecule has 0 spiro atoms. The molecule has 0 aliphatic carbocycles. The number of nitrogens with two attached hydrogens (primary N) is 1. The first kappa shape index (κ1) is 15.9. The highest BCUT2D eigenvalue weighted by Gasteiger charge is 2.11. The third-order valence-electron chi connectivity index (χ3n) is 2.89. The molecule has 1 aromatic heterocycles. The van der Waals surface area contributed by atoms with E-state index >= 15 is 0 Å². The minimum atomic E-state index is -0.235. The van der Waals surface area contributed by atoms with E-state index in [9.17, 15) is 4.79 Å². The number of carbonyl (C=O) groups excluding carboxylic acids is 1. The monoisotopic (exact) mass is 371 g/mol. The summed E-state index contributed by atoms with van der Waals surface area (Å²) in [5.41, 5.74) is 7.08. The van der Waals surface area contributed by atoms with Gasteiger partial charge in [0.1, 0.15) is 6.54 Å². The molecule has 1 unspecified atom stereocenters. The minimum absolute atomic E-state index is 0.0514. The van der Waals surface area contributed by atoms with Crippen molar-refractivity contribution >= 4 is 39.1 Å². The molecule has 1 atom stereocenters. The standard InChI is InChI=1S/C13H15BrClN5O/c1-2-10(16)12-6-20(19-18-12)7-13(21)17-11-4-3-8(14)5-9(11)15/h3-6,10H,2,7,16H2,1H3,(H,17,21). The van der Waals surface area contributed by atoms with Crippen LogP contribution in [0.1, 0.15) is 25.1 Å². The fourth-order valence-electron chi connectivity index (χ4n) is 1.70. The molecule has 0 fully saturated rings. The van der Waals surface area contributed by atoms with Gasteiger partial charge in [-0.25, -0.2) is 4.68 Å². The summed E-state index contributed by atoms with van der Waals surface area (Å²) in [6.45, 7) is 2.02. The van der Waals surface area contributed by atoms with Gasteiger partial charge in [0.15, 0.2) is 0 Å². The average Bonchev–Trinajstić information content (AvgIpc) is 2.89. The van der Waals surface area contributed by atoms with Crippen LogP contribution < -0.4 is 11.1 Å². The van der Waals surface area contributed by atoms with Crippen molar-refractivity contribution in [2.24, 2.45) is 5.73 Å². The van der Waals surface area contributed by atoms with E-state index in [1.54, 1.807) is 24.4 Å². The third kappa shape index (κ3) is 4.26. The number of aromatic nitrogens is 3. The number of hydrogen-bond acceptors (Lipinski definition) is 4. The fourth-order valence-corrected chi connectivity index (χ4v) is 2.42. The summed E-state index contributed by atoms with van der Waals surface area (Å²) in [5.74, 6) is -0.235. The third-order valence-corrected chi connectivity index (χ3v) is 3.69. The van der Waals surface area contributed by atoms with Crippen LogP contribution in [0.3, 0.4) is 0 Å². The van der Waals surface area contributed by atoms with Crippen LogP contribution in [0.15, 0.2) is 28.9 Å². The molecule has 0 aliphatic heterocycles. The molecule has 0 saturated carbocycles. The van der Waals surface area contributed by atoms with E-state index in [2.05, 4.69) is 31.6 Å². The van der Waals surface area contributed by atoms with Gasteiger partial charge in [0.25, 0.3) is 0 Å². The molecule has 2 aromatic rings. The summed E-state index contributed by atoms with van der Waals surface area (Å²) in [5, 5.41) is 11.0. The zero-order chi connectivity index (χ0) is 15.4. The van der Waals surface area contributed by atoms with Gasteiger partial charge in [-0.05, 0) is 24.6 Å². The van der Waals surface area contributed by atoms with Gasteiger partial charge in [-0.15, -0.1) is 5.10 Å². The van der Waals surface area contributed by atoms with E-state index in [0.717, 1.165) is 10.9 Å². The molecular weight excluding hydrogens is 358 g/mol. The summed E-state index contributed by atoms with van der Waals surface area (Å²) in [7, 11) is 0. The van der Waals surface area contributed by atoms with Gasteiger partial charge in [0, 0.05) is 4.47 Å². The van der Waals surface area contributed by atoms with E-state index in [4.69, 9.17) is 17.3 Å². The molecule has 1 amide bonds. The molecule has 6 nitrogen and oxygen atoms in total. The second kappa shape index (κ2) is 7.02. The molecule has 1 heterocycles. The Labute approximate surface area is 135 Å². The zero-order valence-electron chi connectivity index (χ0n) is 11.4. The number of nitrogens with zero attached hydrogens (tertiary/aromatic N) is 3. The number of halogens is 2. The van der Waals surface area contributed by atoms with Crippen LogP contribution in [-0.2, 0) is 11.3 Å². The maximum absolute atomic E-state index is 12.0. The van der Waals surface area contributed by atoms with Crippen LogP contribution in [0, 0.1) is 0 Å². The maximum atomic E-state index is 12.0. The first-order valence-electron chi connectivity index (χ1n) is 6.40. The van der Waals surface area contributed by atoms with Crippen molar-refractivity contribution in [1.82, 2.24) is 15.0 Å². The predicted octanol–water partition coefficient (Wildman–Crippen LogP) is 2.74. The highest BCUT2D eigenvalue weighted by molar-refractivity contribution is 9.10. The average molecular weight is 373 g/mol. The Morgan fingerprint density at radius 2 is 2.33 bits per heavy atom. The Balaban J connectivity index is 2.00. The highest BCUT2D eigenvalue weighted by Crippen LogP contribution is 2.25. The van der Waals surface area contributed by atoms with Crippen molar-refractivity contribution in [2.45, 2.75) is 25.9 Å². The summed E-state index contributed by atoms with van der Waals surface area (Å²) >= 11 is 9.35. The van der Waals surface area contributed by atoms with E-state index in [0.29, 0.717) is 16.4 Å². The summed E-state index contributed by atoms with van der Waals surface area (Å²) in [4.78, 5) is 12.0. The Bertz CT molecular complexity index is 645. The number of nitrogens with one attached hydrogen (secondary N) is 1. The lowest BCUT2D eigenvalue weighted by Crippen LogP contribution is -2.19. The van der Waals surface area contributed by atoms with Crippen molar-refractivity contribution in [3.8, 4) is 0 Å². The van der Waals surface area contributed by atoms with E-state index in [1.165, 1.54) is 4.68 Å². The number of benzene rings is 1. The number of rotatable bonds is 5. The van der Waals surface area contributed by atoms with Gasteiger partial charge >= 0.3 is 0 Å². The van der Waals surface area contributed by atoms with E-state index in [-0.39, 0.29) is 18.5 Å². The lowest BCUT2D eigenvalue weighted by atomic mass is 10.2. The topological polar surface area (TPSA) is 85.8 Å². The summed E-state index contributed by atoms with van der Waals surface area (Å²) in [6, 6.07) is 5.08. The van der Waals surface area contributed by atoms with Gasteiger partial charge < -0.3 is 11.1 Å². The Hall–Kier alpha value is -1.44. The second-order valence-electron chi connectivity index (χ2n) is 4.53. The lowest BCUT2D eigenvalue weighted by Gasteiger charge is -2.07. The largest absolute Gasteiger partial charge is 0.323 e. The lowest BCUT2D eigenvalue weighted by molar-refractivity contribution is -0.116. The molecule has 2 rings (SSSR count). The SMILES string of the molecule is CCC(N)c1cn(CC(=O)Nc2ccc(Br)cc2Cl)nn1. The quantitative estimate of drug-likeness (QED) is 0.845. The smallest absolute Gasteiger partial charge is 0.246 e. The molecular formula is C13H15BrClN5O.